The normalized spacial score (nSPS) is 18.2. The fourth-order valence-corrected chi connectivity index (χ4v) is 5.37. The fraction of sp³-hybridized carbons (Fsp3) is 0.478. The van der Waals surface area contributed by atoms with E-state index in [2.05, 4.69) is 16.3 Å². The van der Waals surface area contributed by atoms with Gasteiger partial charge < -0.3 is 19.1 Å². The van der Waals surface area contributed by atoms with Gasteiger partial charge in [0.1, 0.15) is 0 Å². The van der Waals surface area contributed by atoms with Crippen LogP contribution in [0, 0.1) is 0 Å². The van der Waals surface area contributed by atoms with E-state index in [1.54, 1.807) is 25.6 Å². The maximum atomic E-state index is 13.2. The lowest BCUT2D eigenvalue weighted by Crippen LogP contribution is -2.46. The van der Waals surface area contributed by atoms with Crippen LogP contribution in [0.1, 0.15) is 34.0 Å². The van der Waals surface area contributed by atoms with Crippen molar-refractivity contribution in [2.24, 2.45) is 0 Å². The molecule has 8 heteroatoms. The number of ether oxygens (including phenoxy) is 3. The number of nitrogens with zero attached hydrogens (tertiary/aromatic N) is 2. The van der Waals surface area contributed by atoms with E-state index in [0.717, 1.165) is 30.5 Å². The van der Waals surface area contributed by atoms with Gasteiger partial charge in [0.25, 0.3) is 0 Å². The summed E-state index contributed by atoms with van der Waals surface area (Å²) < 4.78 is 15.9. The summed E-state index contributed by atoms with van der Waals surface area (Å²) in [5, 5.41) is 2.09. The molecule has 31 heavy (non-hydrogen) atoms. The number of benzene rings is 1. The van der Waals surface area contributed by atoms with E-state index >= 15 is 0 Å². The zero-order valence-electron chi connectivity index (χ0n) is 18.2. The van der Waals surface area contributed by atoms with Crippen LogP contribution < -0.4 is 9.47 Å². The number of fused-ring (bicyclic) bond motifs is 2. The zero-order chi connectivity index (χ0) is 22.0. The Morgan fingerprint density at radius 2 is 1.84 bits per heavy atom. The average Bonchev–Trinajstić information content (AvgIpc) is 3.27. The second-order valence-corrected chi connectivity index (χ2v) is 8.86. The number of methoxy groups -OCH3 is 3. The third-order valence-corrected chi connectivity index (χ3v) is 7.22. The van der Waals surface area contributed by atoms with Crippen LogP contribution in [0.3, 0.4) is 0 Å². The Hall–Kier alpha value is -2.58. The van der Waals surface area contributed by atoms with Crippen molar-refractivity contribution in [2.75, 3.05) is 41.0 Å². The zero-order valence-corrected chi connectivity index (χ0v) is 19.0. The van der Waals surface area contributed by atoms with Gasteiger partial charge in [0.2, 0.25) is 5.91 Å². The lowest BCUT2D eigenvalue weighted by molar-refractivity contribution is -0.143. The number of esters is 1. The summed E-state index contributed by atoms with van der Waals surface area (Å²) in [5.41, 5.74) is 3.34. The molecular formula is C23H28N2O5S. The number of amides is 1. The first-order chi connectivity index (χ1) is 15.0. The first kappa shape index (κ1) is 21.6. The van der Waals surface area contributed by atoms with E-state index in [1.807, 2.05) is 17.0 Å². The van der Waals surface area contributed by atoms with Crippen LogP contribution in [0.15, 0.2) is 23.6 Å². The van der Waals surface area contributed by atoms with Crippen LogP contribution in [0.25, 0.3) is 0 Å². The highest BCUT2D eigenvalue weighted by Crippen LogP contribution is 2.39. The Morgan fingerprint density at radius 3 is 2.58 bits per heavy atom. The van der Waals surface area contributed by atoms with Gasteiger partial charge in [-0.05, 0) is 53.1 Å². The van der Waals surface area contributed by atoms with Gasteiger partial charge >= 0.3 is 5.97 Å². The highest BCUT2D eigenvalue weighted by Gasteiger charge is 2.33. The van der Waals surface area contributed by atoms with E-state index < -0.39 is 0 Å². The second-order valence-electron chi connectivity index (χ2n) is 7.86. The van der Waals surface area contributed by atoms with Crippen molar-refractivity contribution in [3.05, 3.63) is 45.1 Å². The van der Waals surface area contributed by atoms with Gasteiger partial charge in [-0.25, -0.2) is 0 Å². The Morgan fingerprint density at radius 1 is 1.06 bits per heavy atom. The summed E-state index contributed by atoms with van der Waals surface area (Å²) in [6.45, 7) is 2.36. The Balaban J connectivity index is 1.57. The lowest BCUT2D eigenvalue weighted by atomic mass is 9.90. The van der Waals surface area contributed by atoms with Crippen LogP contribution in [-0.2, 0) is 33.7 Å². The Bertz CT molecular complexity index is 973. The minimum Gasteiger partial charge on any atom is -0.493 e. The van der Waals surface area contributed by atoms with Gasteiger partial charge in [-0.2, -0.15) is 0 Å². The molecule has 0 aliphatic carbocycles. The average molecular weight is 445 g/mol. The van der Waals surface area contributed by atoms with Crippen LogP contribution in [0.4, 0.5) is 0 Å². The van der Waals surface area contributed by atoms with Crippen molar-refractivity contribution >= 4 is 23.2 Å². The summed E-state index contributed by atoms with van der Waals surface area (Å²) in [7, 11) is 4.60. The molecule has 0 bridgehead atoms. The van der Waals surface area contributed by atoms with E-state index in [0.29, 0.717) is 24.6 Å². The van der Waals surface area contributed by atoms with Crippen molar-refractivity contribution in [2.45, 2.75) is 31.8 Å². The maximum absolute atomic E-state index is 13.2. The van der Waals surface area contributed by atoms with Crippen LogP contribution in [0.2, 0.25) is 0 Å². The molecule has 2 aromatic rings. The number of rotatable bonds is 6. The quantitative estimate of drug-likeness (QED) is 0.639. The van der Waals surface area contributed by atoms with Gasteiger partial charge in [-0.3, -0.25) is 14.5 Å². The summed E-state index contributed by atoms with van der Waals surface area (Å²) in [6, 6.07) is 5.76. The predicted octanol–water partition coefficient (Wildman–Crippen LogP) is 2.81. The molecule has 3 heterocycles. The van der Waals surface area contributed by atoms with Crippen LogP contribution in [0.5, 0.6) is 11.5 Å². The number of thiophene rings is 1. The molecule has 2 aliphatic rings. The molecule has 2 aliphatic heterocycles. The number of carbonyl (C=O) groups excluding carboxylic acids is 2. The van der Waals surface area contributed by atoms with E-state index in [4.69, 9.17) is 14.2 Å². The summed E-state index contributed by atoms with van der Waals surface area (Å²) in [5.74, 6) is 1.08. The third-order valence-electron chi connectivity index (χ3n) is 6.20. The lowest BCUT2D eigenvalue weighted by Gasteiger charge is -2.38. The largest absolute Gasteiger partial charge is 0.493 e. The van der Waals surface area contributed by atoms with E-state index in [-0.39, 0.29) is 30.9 Å². The van der Waals surface area contributed by atoms with Crippen LogP contribution >= 0.6 is 11.3 Å². The number of hydrogen-bond acceptors (Lipinski definition) is 7. The smallest absolute Gasteiger partial charge is 0.307 e. The minimum atomic E-state index is -0.300. The molecule has 7 nitrogen and oxygen atoms in total. The molecule has 0 fully saturated rings. The first-order valence-corrected chi connectivity index (χ1v) is 11.3. The molecule has 0 radical (unpaired) electrons. The van der Waals surface area contributed by atoms with E-state index in [9.17, 15) is 9.59 Å². The summed E-state index contributed by atoms with van der Waals surface area (Å²) in [4.78, 5) is 30.8. The van der Waals surface area contributed by atoms with Gasteiger partial charge in [-0.1, -0.05) is 0 Å². The highest BCUT2D eigenvalue weighted by molar-refractivity contribution is 7.10. The molecule has 1 unspecified atom stereocenters. The molecule has 0 saturated carbocycles. The van der Waals surface area contributed by atoms with Crippen molar-refractivity contribution in [3.8, 4) is 11.5 Å². The summed E-state index contributed by atoms with van der Waals surface area (Å²) in [6.07, 6.45) is 1.86. The van der Waals surface area contributed by atoms with Crippen molar-refractivity contribution < 1.29 is 23.8 Å². The molecule has 0 spiro atoms. The van der Waals surface area contributed by atoms with E-state index in [1.165, 1.54) is 17.6 Å². The SMILES string of the molecule is COC(=O)CC1c2cc(OC)c(OC)cc2CCN1CC(=O)N1CCc2sccc2C1. The standard InChI is InChI=1S/C23H28N2O5S/c1-28-19-10-15-4-7-24(18(12-23(27)30-3)17(15)11-20(19)29-2)14-22(26)25-8-5-21-16(13-25)6-9-31-21/h6,9-11,18H,4-5,7-8,12-14H2,1-3H3. The molecule has 1 amide bonds. The topological polar surface area (TPSA) is 68.3 Å². The molecule has 0 saturated heterocycles. The van der Waals surface area contributed by atoms with Gasteiger partial charge in [0.15, 0.2) is 11.5 Å². The fourth-order valence-electron chi connectivity index (χ4n) is 4.48. The maximum Gasteiger partial charge on any atom is 0.307 e. The molecule has 1 aromatic heterocycles. The van der Waals surface area contributed by atoms with Crippen molar-refractivity contribution in [1.82, 2.24) is 9.80 Å². The molecule has 1 atom stereocenters. The van der Waals surface area contributed by atoms with Gasteiger partial charge in [0.05, 0.1) is 34.3 Å². The number of hydrogen-bond donors (Lipinski definition) is 0. The Labute approximate surface area is 186 Å². The molecule has 4 rings (SSSR count). The minimum absolute atomic E-state index is 0.0932. The Kier molecular flexibility index (Phi) is 6.48. The summed E-state index contributed by atoms with van der Waals surface area (Å²) >= 11 is 1.76. The number of carbonyl (C=O) groups is 2. The first-order valence-electron chi connectivity index (χ1n) is 10.4. The molecule has 0 N–H and O–H groups in total. The molecule has 166 valence electrons. The molecular weight excluding hydrogens is 416 g/mol. The van der Waals surface area contributed by atoms with Crippen LogP contribution in [-0.4, -0.2) is 62.6 Å². The van der Waals surface area contributed by atoms with Crippen molar-refractivity contribution in [3.63, 3.8) is 0 Å². The van der Waals surface area contributed by atoms with Gasteiger partial charge in [-0.15, -0.1) is 11.3 Å². The highest BCUT2D eigenvalue weighted by atomic mass is 32.1. The van der Waals surface area contributed by atoms with Crippen molar-refractivity contribution in [1.29, 1.82) is 0 Å². The predicted molar refractivity (Wildman–Crippen MR) is 118 cm³/mol. The third kappa shape index (κ3) is 4.41. The monoisotopic (exact) mass is 444 g/mol. The molecule has 1 aromatic carbocycles. The van der Waals surface area contributed by atoms with Gasteiger partial charge in [0, 0.05) is 30.6 Å². The second kappa shape index (κ2) is 9.28.